The van der Waals surface area contributed by atoms with E-state index in [0.29, 0.717) is 17.1 Å². The molecule has 272 valence electrons. The molecule has 0 fully saturated rings. The Morgan fingerprint density at radius 2 is 0.961 bits per heavy atom. The molecule has 0 aromatic heterocycles. The summed E-state index contributed by atoms with van der Waals surface area (Å²) in [5, 5.41) is 0. The van der Waals surface area contributed by atoms with Crippen LogP contribution in [0.4, 0.5) is 26.3 Å². The third kappa shape index (κ3) is 12.5. The molecule has 0 saturated carbocycles. The second-order valence-electron chi connectivity index (χ2n) is 10.4. The van der Waals surface area contributed by atoms with Gasteiger partial charge in [-0.1, -0.05) is 13.2 Å². The van der Waals surface area contributed by atoms with Gasteiger partial charge >= 0.3 is 36.2 Å². The number of rotatable bonds is 16. The first-order valence-corrected chi connectivity index (χ1v) is 14.8. The highest BCUT2D eigenvalue weighted by Crippen LogP contribution is 2.27. The van der Waals surface area contributed by atoms with E-state index in [9.17, 15) is 45.5 Å². The molecule has 3 aromatic rings. The predicted octanol–water partition coefficient (Wildman–Crippen LogP) is 7.29. The van der Waals surface area contributed by atoms with E-state index in [-0.39, 0.29) is 61.9 Å². The number of aryl methyl sites for hydroxylation is 1. The van der Waals surface area contributed by atoms with E-state index in [4.69, 9.17) is 18.9 Å². The average molecular weight is 725 g/mol. The van der Waals surface area contributed by atoms with Crippen molar-refractivity contribution in [3.8, 4) is 23.0 Å². The molecular weight excluding hydrogens is 694 g/mol. The number of ether oxygens (including phenoxy) is 6. The van der Waals surface area contributed by atoms with E-state index < -0.39 is 47.4 Å². The van der Waals surface area contributed by atoms with Crippen LogP contribution in [0, 0.1) is 6.92 Å². The quantitative estimate of drug-likeness (QED) is 0.0489. The van der Waals surface area contributed by atoms with Gasteiger partial charge in [-0.3, -0.25) is 0 Å². The summed E-state index contributed by atoms with van der Waals surface area (Å²) in [6.45, 7) is 6.35. The van der Waals surface area contributed by atoms with Gasteiger partial charge in [-0.2, -0.15) is 26.3 Å². The molecule has 0 radical (unpaired) electrons. The lowest BCUT2D eigenvalue weighted by atomic mass is 10.2. The molecule has 0 atom stereocenters. The lowest BCUT2D eigenvalue weighted by Crippen LogP contribution is -2.21. The van der Waals surface area contributed by atoms with Crippen LogP contribution in [0.15, 0.2) is 91.0 Å². The van der Waals surface area contributed by atoms with Gasteiger partial charge < -0.3 is 28.4 Å². The first-order valence-electron chi connectivity index (χ1n) is 14.8. The highest BCUT2D eigenvalue weighted by atomic mass is 19.4. The minimum absolute atomic E-state index is 0.0192. The van der Waals surface area contributed by atoms with Crippen molar-refractivity contribution in [2.24, 2.45) is 0 Å². The summed E-state index contributed by atoms with van der Waals surface area (Å²) < 4.78 is 105. The van der Waals surface area contributed by atoms with Crippen LogP contribution in [0.2, 0.25) is 0 Å². The van der Waals surface area contributed by atoms with Gasteiger partial charge in [-0.05, 0) is 79.2 Å². The maximum Gasteiger partial charge on any atom is 0.422 e. The molecule has 0 N–H and O–H groups in total. The van der Waals surface area contributed by atoms with Crippen LogP contribution in [0.1, 0.15) is 39.1 Å². The molecule has 0 heterocycles. The summed E-state index contributed by atoms with van der Waals surface area (Å²) >= 11 is 0. The van der Waals surface area contributed by atoms with Crippen molar-refractivity contribution in [1.82, 2.24) is 0 Å². The van der Waals surface area contributed by atoms with Crippen LogP contribution in [-0.2, 0) is 19.1 Å². The Hall–Kier alpha value is -5.80. The zero-order chi connectivity index (χ0) is 37.8. The van der Waals surface area contributed by atoms with E-state index in [1.54, 1.807) is 6.92 Å². The number of esters is 4. The van der Waals surface area contributed by atoms with Gasteiger partial charge in [0, 0.05) is 12.8 Å². The molecular formula is C35H30F6O10. The molecule has 3 rings (SSSR count). The minimum Gasteiger partial charge on any atom is -0.493 e. The smallest absolute Gasteiger partial charge is 0.422 e. The molecule has 3 aromatic carbocycles. The summed E-state index contributed by atoms with van der Waals surface area (Å²) in [6, 6.07) is 16.0. The van der Waals surface area contributed by atoms with E-state index in [1.165, 1.54) is 66.7 Å². The van der Waals surface area contributed by atoms with Crippen LogP contribution >= 0.6 is 0 Å². The van der Waals surface area contributed by atoms with Crippen molar-refractivity contribution in [3.63, 3.8) is 0 Å². The fourth-order valence-electron chi connectivity index (χ4n) is 3.73. The van der Waals surface area contributed by atoms with E-state index in [0.717, 1.165) is 0 Å². The molecule has 0 amide bonds. The third-order valence-electron chi connectivity index (χ3n) is 6.50. The van der Waals surface area contributed by atoms with Crippen molar-refractivity contribution in [2.75, 3.05) is 26.4 Å². The van der Waals surface area contributed by atoms with Gasteiger partial charge in [-0.15, -0.1) is 0 Å². The molecule has 0 spiro atoms. The minimum atomic E-state index is -4.87. The summed E-state index contributed by atoms with van der Waals surface area (Å²) in [4.78, 5) is 47.9. The molecule has 0 aliphatic carbocycles. The summed E-state index contributed by atoms with van der Waals surface area (Å²) in [7, 11) is 0. The number of benzene rings is 3. The largest absolute Gasteiger partial charge is 0.493 e. The third-order valence-corrected chi connectivity index (χ3v) is 6.50. The summed E-state index contributed by atoms with van der Waals surface area (Å²) in [6.07, 6.45) is -9.53. The normalized spacial score (nSPS) is 11.2. The number of carbonyl (C=O) groups is 4. The SMILES string of the molecule is C=C(C(=O)OCCCOc1ccc(C(=O)Oc2ccc(OC(=O)c3ccc(OCCCOC(=O)C(=C)C(F)(F)F)cc3)c(C)c2)cc1)C(F)(F)F. The zero-order valence-corrected chi connectivity index (χ0v) is 26.9. The van der Waals surface area contributed by atoms with Crippen LogP contribution in [0.3, 0.4) is 0 Å². The maximum atomic E-state index is 12.7. The lowest BCUT2D eigenvalue weighted by Gasteiger charge is -2.11. The number of halogens is 6. The fourth-order valence-corrected chi connectivity index (χ4v) is 3.73. The van der Waals surface area contributed by atoms with Gasteiger partial charge in [0.15, 0.2) is 0 Å². The molecule has 16 heteroatoms. The highest BCUT2D eigenvalue weighted by Gasteiger charge is 2.38. The van der Waals surface area contributed by atoms with E-state index >= 15 is 0 Å². The van der Waals surface area contributed by atoms with Crippen molar-refractivity contribution in [1.29, 1.82) is 0 Å². The molecule has 0 saturated heterocycles. The van der Waals surface area contributed by atoms with Crippen LogP contribution in [0.5, 0.6) is 23.0 Å². The van der Waals surface area contributed by atoms with Crippen molar-refractivity contribution < 1.29 is 73.9 Å². The second kappa shape index (κ2) is 17.7. The molecule has 0 aliphatic heterocycles. The van der Waals surface area contributed by atoms with Crippen LogP contribution in [0.25, 0.3) is 0 Å². The summed E-state index contributed by atoms with van der Waals surface area (Å²) in [5.41, 5.74) is -2.36. The zero-order valence-electron chi connectivity index (χ0n) is 26.9. The van der Waals surface area contributed by atoms with Crippen LogP contribution < -0.4 is 18.9 Å². The Kier molecular flexibility index (Phi) is 13.8. The molecule has 51 heavy (non-hydrogen) atoms. The molecule has 0 bridgehead atoms. The predicted molar refractivity (Wildman–Crippen MR) is 167 cm³/mol. The molecule has 0 unspecified atom stereocenters. The van der Waals surface area contributed by atoms with Crippen LogP contribution in [-0.4, -0.2) is 62.7 Å². The Balaban J connectivity index is 1.41. The van der Waals surface area contributed by atoms with Gasteiger partial charge in [0.05, 0.1) is 37.6 Å². The maximum absolute atomic E-state index is 12.7. The summed E-state index contributed by atoms with van der Waals surface area (Å²) in [5.74, 6) is -3.45. The molecule has 0 aliphatic rings. The first kappa shape index (κ1) is 39.6. The monoisotopic (exact) mass is 724 g/mol. The topological polar surface area (TPSA) is 124 Å². The van der Waals surface area contributed by atoms with Gasteiger partial charge in [0.2, 0.25) is 0 Å². The number of alkyl halides is 6. The Bertz CT molecular complexity index is 1730. The Morgan fingerprint density at radius 3 is 1.35 bits per heavy atom. The van der Waals surface area contributed by atoms with Crippen molar-refractivity contribution >= 4 is 23.9 Å². The fraction of sp³-hybridized carbons (Fsp3) is 0.257. The van der Waals surface area contributed by atoms with Crippen molar-refractivity contribution in [2.45, 2.75) is 32.1 Å². The van der Waals surface area contributed by atoms with Gasteiger partial charge in [-0.25, -0.2) is 19.2 Å². The van der Waals surface area contributed by atoms with Gasteiger partial charge in [0.25, 0.3) is 0 Å². The van der Waals surface area contributed by atoms with E-state index in [2.05, 4.69) is 22.6 Å². The first-order chi connectivity index (χ1) is 24.0. The number of hydrogen-bond acceptors (Lipinski definition) is 10. The Morgan fingerprint density at radius 1 is 0.569 bits per heavy atom. The average Bonchev–Trinajstić information content (AvgIpc) is 3.07. The van der Waals surface area contributed by atoms with Gasteiger partial charge in [0.1, 0.15) is 34.1 Å². The highest BCUT2D eigenvalue weighted by molar-refractivity contribution is 5.92. The number of carbonyl (C=O) groups excluding carboxylic acids is 4. The standard InChI is InChI=1S/C35H30F6O10/c1-21-20-28(50-32(44)24-6-10-26(11-7-24)46-16-4-18-48-30(42)22(2)34(36,37)38)14-15-29(21)51-33(45)25-8-12-27(13-9-25)47-17-5-19-49-31(43)23(3)35(39,40)41/h6-15,20H,2-5,16-19H2,1H3. The van der Waals surface area contributed by atoms with Crippen molar-refractivity contribution in [3.05, 3.63) is 108 Å². The molecule has 10 nitrogen and oxygen atoms in total. The second-order valence-corrected chi connectivity index (χ2v) is 10.4. The van der Waals surface area contributed by atoms with E-state index in [1.807, 2.05) is 0 Å². The Labute approximate surface area is 287 Å². The number of hydrogen-bond donors (Lipinski definition) is 0. The lowest BCUT2D eigenvalue weighted by molar-refractivity contribution is -0.152.